The van der Waals surface area contributed by atoms with Gasteiger partial charge in [0, 0.05) is 26.2 Å². The van der Waals surface area contributed by atoms with Gasteiger partial charge in [0.25, 0.3) is 0 Å². The molecule has 20 nitrogen and oxygen atoms in total. The molecule has 0 aliphatic heterocycles. The number of carbonyl (C=O) groups is 8. The van der Waals surface area contributed by atoms with E-state index in [0.717, 1.165) is 19.6 Å². The second-order valence-corrected chi connectivity index (χ2v) is 7.99. The van der Waals surface area contributed by atoms with Crippen LogP contribution in [0.5, 0.6) is 0 Å². The number of nitrogens with zero attached hydrogens (tertiary/aromatic N) is 4. The van der Waals surface area contributed by atoms with Crippen molar-refractivity contribution in [2.75, 3.05) is 78.5 Å². The molecule has 0 aliphatic carbocycles. The first-order chi connectivity index (χ1) is 18.4. The smallest absolute Gasteiger partial charge is 1.00 e. The Bertz CT molecular complexity index is 717. The van der Waals surface area contributed by atoms with Gasteiger partial charge in [0.15, 0.2) is 0 Å². The van der Waals surface area contributed by atoms with Crippen molar-refractivity contribution in [3.63, 3.8) is 0 Å². The first kappa shape index (κ1) is 42.1. The van der Waals surface area contributed by atoms with Crippen molar-refractivity contribution < 1.29 is 110 Å². The zero-order valence-electron chi connectivity index (χ0n) is 23.1. The van der Waals surface area contributed by atoms with E-state index in [1.54, 1.807) is 0 Å². The van der Waals surface area contributed by atoms with Crippen LogP contribution in [0.25, 0.3) is 0 Å². The SMILES string of the molecule is O=C(O)CN(CCN(CC(=O)O)CC(=O)O)CC(=O)O.O=C(O)CN(CCN(CC(=O)O)CC(=O)O)CC(=O)O.[H-].[Na+]. The molecule has 0 atom stereocenters. The van der Waals surface area contributed by atoms with Crippen LogP contribution in [0.2, 0.25) is 0 Å². The molecule has 0 bridgehead atoms. The molecule has 0 spiro atoms. The molecule has 0 aromatic heterocycles. The molecular weight excluding hydrogens is 575 g/mol. The Morgan fingerprint density at radius 3 is 0.488 bits per heavy atom. The second kappa shape index (κ2) is 23.3. The van der Waals surface area contributed by atoms with Crippen molar-refractivity contribution in [2.45, 2.75) is 0 Å². The standard InChI is InChI=1S/2C10H16N2O8.Na.H/c2*13-7(14)3-11(4-8(15)16)1-2-12(5-9(17)18)6-10(19)20;;/h2*1-6H2,(H,13,14)(H,15,16)(H,17,18)(H,19,20);;/q;;+1;-1. The Hall–Kier alpha value is -3.40. The first-order valence-corrected chi connectivity index (χ1v) is 11.0. The summed E-state index contributed by atoms with van der Waals surface area (Å²) >= 11 is 0. The Kier molecular flexibility index (Phi) is 23.9. The van der Waals surface area contributed by atoms with Crippen LogP contribution in [-0.4, -0.2) is 187 Å². The van der Waals surface area contributed by atoms with Gasteiger partial charge in [0.1, 0.15) is 0 Å². The molecule has 0 saturated heterocycles. The molecule has 0 aliphatic rings. The topological polar surface area (TPSA) is 311 Å². The van der Waals surface area contributed by atoms with Crippen molar-refractivity contribution in [1.29, 1.82) is 0 Å². The van der Waals surface area contributed by atoms with Crippen LogP contribution in [0.1, 0.15) is 1.43 Å². The Morgan fingerprint density at radius 1 is 0.317 bits per heavy atom. The zero-order chi connectivity index (χ0) is 31.4. The predicted octanol–water partition coefficient (Wildman–Crippen LogP) is -7.03. The minimum atomic E-state index is -1.23. The molecule has 41 heavy (non-hydrogen) atoms. The fraction of sp³-hybridized carbons (Fsp3) is 0.600. The van der Waals surface area contributed by atoms with Crippen molar-refractivity contribution >= 4 is 47.8 Å². The van der Waals surface area contributed by atoms with Gasteiger partial charge in [-0.15, -0.1) is 0 Å². The van der Waals surface area contributed by atoms with E-state index in [0.29, 0.717) is 0 Å². The maximum Gasteiger partial charge on any atom is 1.00 e. The van der Waals surface area contributed by atoms with E-state index in [9.17, 15) is 38.4 Å². The quantitative estimate of drug-likeness (QED) is 0.0529. The van der Waals surface area contributed by atoms with E-state index in [2.05, 4.69) is 0 Å². The van der Waals surface area contributed by atoms with Crippen molar-refractivity contribution in [3.8, 4) is 0 Å². The number of carboxylic acids is 8. The van der Waals surface area contributed by atoms with E-state index in [1.165, 1.54) is 0 Å². The van der Waals surface area contributed by atoms with Crippen LogP contribution in [0.3, 0.4) is 0 Å². The first-order valence-electron chi connectivity index (χ1n) is 11.0. The monoisotopic (exact) mass is 608 g/mol. The van der Waals surface area contributed by atoms with Crippen LogP contribution in [0.15, 0.2) is 0 Å². The average molecular weight is 608 g/mol. The summed E-state index contributed by atoms with van der Waals surface area (Å²) in [6.45, 7) is -4.50. The van der Waals surface area contributed by atoms with Crippen molar-refractivity contribution in [1.82, 2.24) is 19.6 Å². The minimum absolute atomic E-state index is 0. The molecule has 0 unspecified atom stereocenters. The molecule has 0 fully saturated rings. The Labute approximate surface area is 255 Å². The van der Waals surface area contributed by atoms with Gasteiger partial charge in [-0.1, -0.05) is 0 Å². The third kappa shape index (κ3) is 29.4. The van der Waals surface area contributed by atoms with Gasteiger partial charge in [0.05, 0.1) is 52.4 Å². The van der Waals surface area contributed by atoms with Crippen LogP contribution in [-0.2, 0) is 38.4 Å². The normalized spacial score (nSPS) is 10.4. The summed E-state index contributed by atoms with van der Waals surface area (Å²) in [5, 5.41) is 68.9. The molecule has 0 radical (unpaired) electrons. The third-order valence-corrected chi connectivity index (χ3v) is 4.34. The summed E-state index contributed by atoms with van der Waals surface area (Å²) < 4.78 is 0. The fourth-order valence-corrected chi connectivity index (χ4v) is 2.95. The number of aliphatic carboxylic acids is 8. The summed E-state index contributed by atoms with van der Waals surface area (Å²) in [6.07, 6.45) is 0. The number of hydrogen-bond donors (Lipinski definition) is 8. The maximum atomic E-state index is 10.6. The molecule has 21 heteroatoms. The molecule has 0 saturated carbocycles. The van der Waals surface area contributed by atoms with E-state index < -0.39 is 100 Å². The van der Waals surface area contributed by atoms with Gasteiger partial charge < -0.3 is 42.3 Å². The van der Waals surface area contributed by atoms with Crippen LogP contribution >= 0.6 is 0 Å². The molecule has 8 N–H and O–H groups in total. The van der Waals surface area contributed by atoms with E-state index in [-0.39, 0.29) is 57.2 Å². The van der Waals surface area contributed by atoms with Gasteiger partial charge >= 0.3 is 77.3 Å². The largest absolute Gasteiger partial charge is 1.00 e. The molecule has 0 amide bonds. The van der Waals surface area contributed by atoms with Gasteiger partial charge in [-0.3, -0.25) is 58.0 Å². The summed E-state index contributed by atoms with van der Waals surface area (Å²) in [4.78, 5) is 88.7. The molecule has 0 rings (SSSR count). The van der Waals surface area contributed by atoms with Crippen LogP contribution in [0, 0.1) is 0 Å². The molecule has 0 aromatic rings. The molecule has 0 aromatic carbocycles. The summed E-state index contributed by atoms with van der Waals surface area (Å²) in [7, 11) is 0. The van der Waals surface area contributed by atoms with Gasteiger partial charge in [-0.05, 0) is 0 Å². The van der Waals surface area contributed by atoms with E-state index >= 15 is 0 Å². The summed E-state index contributed by atoms with van der Waals surface area (Å²) in [5.41, 5.74) is 0. The second-order valence-electron chi connectivity index (χ2n) is 7.99. The van der Waals surface area contributed by atoms with Gasteiger partial charge in [-0.2, -0.15) is 0 Å². The average Bonchev–Trinajstić information content (AvgIpc) is 2.72. The number of carboxylic acid groups (broad SMARTS) is 8. The molecule has 230 valence electrons. The fourth-order valence-electron chi connectivity index (χ4n) is 2.95. The minimum Gasteiger partial charge on any atom is -1.00 e. The third-order valence-electron chi connectivity index (χ3n) is 4.34. The van der Waals surface area contributed by atoms with Gasteiger partial charge in [0.2, 0.25) is 0 Å². The van der Waals surface area contributed by atoms with Crippen LogP contribution in [0.4, 0.5) is 0 Å². The zero-order valence-corrected chi connectivity index (χ0v) is 24.1. The summed E-state index contributed by atoms with van der Waals surface area (Å²) in [5.74, 6) is -9.82. The number of hydrogen-bond acceptors (Lipinski definition) is 12. The Balaban J connectivity index is -0.000000328. The van der Waals surface area contributed by atoms with E-state index in [1.807, 2.05) is 0 Å². The molecule has 0 heterocycles. The van der Waals surface area contributed by atoms with Crippen molar-refractivity contribution in [3.05, 3.63) is 0 Å². The van der Waals surface area contributed by atoms with Gasteiger partial charge in [-0.25, -0.2) is 0 Å². The Morgan fingerprint density at radius 2 is 0.415 bits per heavy atom. The predicted molar refractivity (Wildman–Crippen MR) is 128 cm³/mol. The van der Waals surface area contributed by atoms with Crippen molar-refractivity contribution in [2.24, 2.45) is 0 Å². The number of rotatable bonds is 22. The summed E-state index contributed by atoms with van der Waals surface area (Å²) in [6, 6.07) is 0. The molecular formula is C20H33N4NaO16. The maximum absolute atomic E-state index is 10.6. The van der Waals surface area contributed by atoms with E-state index in [4.69, 9.17) is 40.9 Å². The van der Waals surface area contributed by atoms with Crippen LogP contribution < -0.4 is 29.6 Å².